The van der Waals surface area contributed by atoms with E-state index < -0.39 is 17.6 Å². The normalized spacial score (nSPS) is 11.1. The average Bonchev–Trinajstić information content (AvgIpc) is 2.67. The fourth-order valence-electron chi connectivity index (χ4n) is 2.41. The lowest BCUT2D eigenvalue weighted by atomic mass is 10.1. The quantitative estimate of drug-likeness (QED) is 0.679. The highest BCUT2D eigenvalue weighted by Gasteiger charge is 2.30. The Morgan fingerprint density at radius 3 is 2.43 bits per heavy atom. The molecule has 2 aromatic carbocycles. The van der Waals surface area contributed by atoms with E-state index in [1.54, 1.807) is 0 Å². The molecule has 1 amide bonds. The number of hydrogen-bond donors (Lipinski definition) is 2. The van der Waals surface area contributed by atoms with Crippen molar-refractivity contribution >= 4 is 17.4 Å². The second-order valence-electron chi connectivity index (χ2n) is 6.16. The van der Waals surface area contributed by atoms with Gasteiger partial charge < -0.3 is 10.6 Å². The number of aromatic nitrogens is 2. The van der Waals surface area contributed by atoms with Crippen LogP contribution < -0.4 is 10.6 Å². The largest absolute Gasteiger partial charge is 0.416 e. The van der Waals surface area contributed by atoms with Gasteiger partial charge in [0.2, 0.25) is 0 Å². The summed E-state index contributed by atoms with van der Waals surface area (Å²) in [6.07, 6.45) is -1.87. The zero-order valence-electron chi connectivity index (χ0n) is 14.9. The van der Waals surface area contributed by atoms with Crippen LogP contribution in [0.15, 0.2) is 60.9 Å². The van der Waals surface area contributed by atoms with Gasteiger partial charge >= 0.3 is 6.18 Å². The summed E-state index contributed by atoms with van der Waals surface area (Å²) in [5.74, 6) is -0.159. The third-order valence-electron chi connectivity index (χ3n) is 3.92. The first-order valence-corrected chi connectivity index (χ1v) is 8.41. The van der Waals surface area contributed by atoms with Crippen LogP contribution in [0.1, 0.15) is 27.2 Å². The van der Waals surface area contributed by atoms with E-state index in [4.69, 9.17) is 0 Å². The molecule has 0 fully saturated rings. The molecule has 28 heavy (non-hydrogen) atoms. The van der Waals surface area contributed by atoms with Crippen molar-refractivity contribution in [3.8, 4) is 0 Å². The molecule has 0 aliphatic carbocycles. The summed E-state index contributed by atoms with van der Waals surface area (Å²) in [6.45, 7) is 2.33. The predicted octanol–water partition coefficient (Wildman–Crippen LogP) is 4.48. The Bertz CT molecular complexity index is 954. The lowest BCUT2D eigenvalue weighted by Crippen LogP contribution is -2.24. The molecule has 2 N–H and O–H groups in total. The minimum Gasteiger partial charge on any atom is -0.347 e. The SMILES string of the molecule is Cc1ccc(CNC(=O)c2cnc(Nc3cccc(C(F)(F)F)c3)cn2)cc1. The number of anilines is 2. The summed E-state index contributed by atoms with van der Waals surface area (Å²) in [6, 6.07) is 12.5. The predicted molar refractivity (Wildman–Crippen MR) is 99.1 cm³/mol. The summed E-state index contributed by atoms with van der Waals surface area (Å²) in [4.78, 5) is 20.2. The number of amides is 1. The van der Waals surface area contributed by atoms with Crippen LogP contribution in [0.3, 0.4) is 0 Å². The second-order valence-corrected chi connectivity index (χ2v) is 6.16. The summed E-state index contributed by atoms with van der Waals surface area (Å²) >= 11 is 0. The topological polar surface area (TPSA) is 66.9 Å². The molecule has 144 valence electrons. The molecule has 0 radical (unpaired) electrons. The molecule has 0 saturated heterocycles. The molecule has 0 aliphatic rings. The van der Waals surface area contributed by atoms with Crippen molar-refractivity contribution in [2.75, 3.05) is 5.32 Å². The number of carbonyl (C=O) groups is 1. The first-order chi connectivity index (χ1) is 13.3. The number of halogens is 3. The van der Waals surface area contributed by atoms with Crippen LogP contribution in [0.5, 0.6) is 0 Å². The highest BCUT2D eigenvalue weighted by atomic mass is 19.4. The maximum Gasteiger partial charge on any atom is 0.416 e. The number of hydrogen-bond acceptors (Lipinski definition) is 4. The molecule has 8 heteroatoms. The highest BCUT2D eigenvalue weighted by molar-refractivity contribution is 5.92. The standard InChI is InChI=1S/C20H17F3N4O/c1-13-5-7-14(8-6-13)10-26-19(28)17-11-25-18(12-24-17)27-16-4-2-3-15(9-16)20(21,22)23/h2-9,11-12H,10H2,1H3,(H,25,27)(H,26,28). The zero-order chi connectivity index (χ0) is 20.1. The molecule has 0 spiro atoms. The Labute approximate surface area is 159 Å². The van der Waals surface area contributed by atoms with Gasteiger partial charge in [0, 0.05) is 12.2 Å². The molecular formula is C20H17F3N4O. The fraction of sp³-hybridized carbons (Fsp3) is 0.150. The van der Waals surface area contributed by atoms with Crippen molar-refractivity contribution in [3.05, 3.63) is 83.3 Å². The minimum atomic E-state index is -4.43. The number of carbonyl (C=O) groups excluding carboxylic acids is 1. The van der Waals surface area contributed by atoms with Gasteiger partial charge in [0.1, 0.15) is 11.5 Å². The van der Waals surface area contributed by atoms with E-state index in [9.17, 15) is 18.0 Å². The minimum absolute atomic E-state index is 0.113. The molecule has 0 bridgehead atoms. The van der Waals surface area contributed by atoms with E-state index in [2.05, 4.69) is 20.6 Å². The van der Waals surface area contributed by atoms with Crippen molar-refractivity contribution < 1.29 is 18.0 Å². The van der Waals surface area contributed by atoms with Gasteiger partial charge in [0.15, 0.2) is 0 Å². The Morgan fingerprint density at radius 2 is 1.79 bits per heavy atom. The smallest absolute Gasteiger partial charge is 0.347 e. The van der Waals surface area contributed by atoms with Gasteiger partial charge in [-0.1, -0.05) is 35.9 Å². The lowest BCUT2D eigenvalue weighted by Gasteiger charge is -2.10. The van der Waals surface area contributed by atoms with Crippen molar-refractivity contribution in [3.63, 3.8) is 0 Å². The maximum absolute atomic E-state index is 12.8. The molecule has 5 nitrogen and oxygen atoms in total. The summed E-state index contributed by atoms with van der Waals surface area (Å²) in [5, 5.41) is 5.48. The van der Waals surface area contributed by atoms with E-state index >= 15 is 0 Å². The Kier molecular flexibility index (Phi) is 5.58. The first-order valence-electron chi connectivity index (χ1n) is 8.41. The van der Waals surface area contributed by atoms with Crippen LogP contribution in [0.2, 0.25) is 0 Å². The molecule has 3 rings (SSSR count). The van der Waals surface area contributed by atoms with E-state index in [0.29, 0.717) is 6.54 Å². The Morgan fingerprint density at radius 1 is 1.04 bits per heavy atom. The Balaban J connectivity index is 1.61. The number of aryl methyl sites for hydroxylation is 1. The van der Waals surface area contributed by atoms with Gasteiger partial charge in [-0.2, -0.15) is 13.2 Å². The molecule has 0 unspecified atom stereocenters. The van der Waals surface area contributed by atoms with E-state index in [-0.39, 0.29) is 17.2 Å². The molecule has 0 saturated carbocycles. The van der Waals surface area contributed by atoms with Crippen LogP contribution in [-0.2, 0) is 12.7 Å². The van der Waals surface area contributed by atoms with Crippen LogP contribution in [0.25, 0.3) is 0 Å². The van der Waals surface area contributed by atoms with Gasteiger partial charge in [0.25, 0.3) is 5.91 Å². The van der Waals surface area contributed by atoms with Crippen molar-refractivity contribution in [1.29, 1.82) is 0 Å². The second kappa shape index (κ2) is 8.08. The summed E-state index contributed by atoms with van der Waals surface area (Å²) in [7, 11) is 0. The van der Waals surface area contributed by atoms with Crippen LogP contribution >= 0.6 is 0 Å². The molecule has 0 aliphatic heterocycles. The van der Waals surface area contributed by atoms with Crippen LogP contribution in [-0.4, -0.2) is 15.9 Å². The molecular weight excluding hydrogens is 369 g/mol. The summed E-state index contributed by atoms with van der Waals surface area (Å²) < 4.78 is 38.3. The number of benzene rings is 2. The van der Waals surface area contributed by atoms with E-state index in [1.165, 1.54) is 24.5 Å². The number of nitrogens with one attached hydrogen (secondary N) is 2. The van der Waals surface area contributed by atoms with Gasteiger partial charge in [-0.15, -0.1) is 0 Å². The average molecular weight is 386 g/mol. The number of nitrogens with zero attached hydrogens (tertiary/aromatic N) is 2. The summed E-state index contributed by atoms with van der Waals surface area (Å²) in [5.41, 5.74) is 1.65. The van der Waals surface area contributed by atoms with Gasteiger partial charge in [-0.05, 0) is 30.7 Å². The Hall–Kier alpha value is -3.42. The zero-order valence-corrected chi connectivity index (χ0v) is 14.9. The van der Waals surface area contributed by atoms with E-state index in [1.807, 2.05) is 31.2 Å². The van der Waals surface area contributed by atoms with Gasteiger partial charge in [-0.3, -0.25) is 4.79 Å². The van der Waals surface area contributed by atoms with Crippen molar-refractivity contribution in [2.45, 2.75) is 19.6 Å². The van der Waals surface area contributed by atoms with Gasteiger partial charge in [-0.25, -0.2) is 9.97 Å². The lowest BCUT2D eigenvalue weighted by molar-refractivity contribution is -0.137. The molecule has 3 aromatic rings. The first kappa shape index (κ1) is 19.3. The highest BCUT2D eigenvalue weighted by Crippen LogP contribution is 2.31. The van der Waals surface area contributed by atoms with Crippen LogP contribution in [0, 0.1) is 6.92 Å². The molecule has 1 aromatic heterocycles. The van der Waals surface area contributed by atoms with Crippen molar-refractivity contribution in [2.24, 2.45) is 0 Å². The van der Waals surface area contributed by atoms with Crippen molar-refractivity contribution in [1.82, 2.24) is 15.3 Å². The van der Waals surface area contributed by atoms with E-state index in [0.717, 1.165) is 23.3 Å². The third kappa shape index (κ3) is 5.06. The van der Waals surface area contributed by atoms with Gasteiger partial charge in [0.05, 0.1) is 18.0 Å². The number of alkyl halides is 3. The third-order valence-corrected chi connectivity index (χ3v) is 3.92. The fourth-order valence-corrected chi connectivity index (χ4v) is 2.41. The molecule has 1 heterocycles. The van der Waals surface area contributed by atoms with Crippen LogP contribution in [0.4, 0.5) is 24.7 Å². The number of rotatable bonds is 5. The maximum atomic E-state index is 12.8. The molecule has 0 atom stereocenters. The monoisotopic (exact) mass is 386 g/mol.